The Labute approximate surface area is 130 Å². The van der Waals surface area contributed by atoms with Crippen LogP contribution in [0.15, 0.2) is 48.5 Å². The fourth-order valence-electron chi connectivity index (χ4n) is 3.27. The van der Waals surface area contributed by atoms with Crippen molar-refractivity contribution in [1.82, 2.24) is 4.90 Å². The van der Waals surface area contributed by atoms with E-state index in [0.29, 0.717) is 19.9 Å². The molecule has 0 saturated carbocycles. The Morgan fingerprint density at radius 3 is 2.18 bits per heavy atom. The van der Waals surface area contributed by atoms with Gasteiger partial charge in [-0.15, -0.1) is 0 Å². The molecule has 4 nitrogen and oxygen atoms in total. The van der Waals surface area contributed by atoms with Gasteiger partial charge in [0, 0.05) is 11.1 Å². The van der Waals surface area contributed by atoms with Crippen LogP contribution in [0.25, 0.3) is 0 Å². The van der Waals surface area contributed by atoms with Crippen LogP contribution >= 0.6 is 0 Å². The Bertz CT molecular complexity index is 673. The smallest absolute Gasteiger partial charge is 0.125 e. The molecule has 1 fully saturated rings. The summed E-state index contributed by atoms with van der Waals surface area (Å²) < 4.78 is 17.9. The summed E-state index contributed by atoms with van der Waals surface area (Å²) in [7, 11) is 2.08. The molecule has 1 saturated heterocycles. The van der Waals surface area contributed by atoms with E-state index in [2.05, 4.69) is 30.1 Å². The van der Waals surface area contributed by atoms with Crippen molar-refractivity contribution in [2.75, 3.05) is 27.0 Å². The van der Waals surface area contributed by atoms with E-state index in [0.717, 1.165) is 17.1 Å². The van der Waals surface area contributed by atoms with Crippen molar-refractivity contribution < 1.29 is 14.2 Å². The standard InChI is InChI=1S/C18H19NO3/c1-19-12-22-18-14-7-3-5-9-16(14)21-11-10-20-15-8-4-2-6-13(15)17(18)19/h2-9,17-18H,10-12H2,1H3/t17-,18+/m0/s1. The Balaban J connectivity index is 1.86. The summed E-state index contributed by atoms with van der Waals surface area (Å²) >= 11 is 0. The Hall–Kier alpha value is -2.04. The number of hydrogen-bond acceptors (Lipinski definition) is 4. The van der Waals surface area contributed by atoms with E-state index in [1.807, 2.05) is 30.3 Å². The highest BCUT2D eigenvalue weighted by molar-refractivity contribution is 5.42. The van der Waals surface area contributed by atoms with E-state index in [9.17, 15) is 0 Å². The number of hydrogen-bond donors (Lipinski definition) is 0. The summed E-state index contributed by atoms with van der Waals surface area (Å²) in [5, 5.41) is 0. The van der Waals surface area contributed by atoms with E-state index in [1.165, 1.54) is 5.56 Å². The highest BCUT2D eigenvalue weighted by Gasteiger charge is 2.38. The third-order valence-electron chi connectivity index (χ3n) is 4.28. The molecular formula is C18H19NO3. The molecule has 0 bridgehead atoms. The van der Waals surface area contributed by atoms with Crippen molar-refractivity contribution in [3.8, 4) is 11.5 Å². The molecular weight excluding hydrogens is 278 g/mol. The molecule has 0 radical (unpaired) electrons. The Morgan fingerprint density at radius 2 is 1.45 bits per heavy atom. The van der Waals surface area contributed by atoms with E-state index in [-0.39, 0.29) is 12.1 Å². The van der Waals surface area contributed by atoms with Gasteiger partial charge in [0.05, 0.1) is 6.04 Å². The molecule has 4 heteroatoms. The molecule has 2 heterocycles. The van der Waals surface area contributed by atoms with E-state index >= 15 is 0 Å². The van der Waals surface area contributed by atoms with Gasteiger partial charge in [0.15, 0.2) is 0 Å². The molecule has 2 atom stereocenters. The largest absolute Gasteiger partial charge is 0.490 e. The van der Waals surface area contributed by atoms with Crippen LogP contribution in [0.4, 0.5) is 0 Å². The average Bonchev–Trinajstić information content (AvgIpc) is 2.94. The molecule has 4 rings (SSSR count). The quantitative estimate of drug-likeness (QED) is 0.747. The normalized spacial score (nSPS) is 24.4. The highest BCUT2D eigenvalue weighted by Crippen LogP contribution is 2.46. The van der Waals surface area contributed by atoms with Gasteiger partial charge in [-0.1, -0.05) is 36.4 Å². The molecule has 114 valence electrons. The summed E-state index contributed by atoms with van der Waals surface area (Å²) in [6.07, 6.45) is -0.0518. The van der Waals surface area contributed by atoms with Crippen LogP contribution in [0.3, 0.4) is 0 Å². The zero-order chi connectivity index (χ0) is 14.9. The molecule has 22 heavy (non-hydrogen) atoms. The van der Waals surface area contributed by atoms with Crippen LogP contribution in [0.2, 0.25) is 0 Å². The summed E-state index contributed by atoms with van der Waals surface area (Å²) in [5.41, 5.74) is 2.28. The van der Waals surface area contributed by atoms with Gasteiger partial charge in [-0.05, 0) is 19.2 Å². The van der Waals surface area contributed by atoms with Crippen molar-refractivity contribution in [1.29, 1.82) is 0 Å². The fourth-order valence-corrected chi connectivity index (χ4v) is 3.27. The van der Waals surface area contributed by atoms with Gasteiger partial charge in [-0.3, -0.25) is 4.90 Å². The van der Waals surface area contributed by atoms with Crippen LogP contribution in [-0.4, -0.2) is 31.9 Å². The number of benzene rings is 2. The first-order chi connectivity index (χ1) is 10.8. The number of rotatable bonds is 0. The summed E-state index contributed by atoms with van der Waals surface area (Å²) in [5.74, 6) is 1.80. The molecule has 0 aliphatic carbocycles. The molecule has 0 aromatic heterocycles. The molecule has 0 amide bonds. The minimum atomic E-state index is -0.0518. The van der Waals surface area contributed by atoms with Gasteiger partial charge in [-0.25, -0.2) is 0 Å². The highest BCUT2D eigenvalue weighted by atomic mass is 16.5. The Morgan fingerprint density at radius 1 is 0.864 bits per heavy atom. The van der Waals surface area contributed by atoms with Crippen LogP contribution in [0.1, 0.15) is 23.3 Å². The third kappa shape index (κ3) is 2.25. The number of likely N-dealkylation sites (N-methyl/N-ethyl adjacent to an activating group) is 1. The first kappa shape index (κ1) is 13.6. The van der Waals surface area contributed by atoms with Crippen LogP contribution in [0, 0.1) is 0 Å². The second-order valence-electron chi connectivity index (χ2n) is 5.69. The lowest BCUT2D eigenvalue weighted by atomic mass is 9.94. The molecule has 2 aliphatic rings. The molecule has 2 aromatic carbocycles. The Kier molecular flexibility index (Phi) is 3.48. The van der Waals surface area contributed by atoms with Crippen molar-refractivity contribution in [3.05, 3.63) is 59.7 Å². The van der Waals surface area contributed by atoms with Crippen LogP contribution in [0.5, 0.6) is 11.5 Å². The van der Waals surface area contributed by atoms with Crippen molar-refractivity contribution in [2.45, 2.75) is 12.1 Å². The maximum atomic E-state index is 6.07. The van der Waals surface area contributed by atoms with E-state index < -0.39 is 0 Å². The predicted molar refractivity (Wildman–Crippen MR) is 83.1 cm³/mol. The monoisotopic (exact) mass is 297 g/mol. The second-order valence-corrected chi connectivity index (χ2v) is 5.69. The topological polar surface area (TPSA) is 30.9 Å². The van der Waals surface area contributed by atoms with Crippen LogP contribution < -0.4 is 9.47 Å². The van der Waals surface area contributed by atoms with Gasteiger partial charge >= 0.3 is 0 Å². The van der Waals surface area contributed by atoms with Gasteiger partial charge in [0.25, 0.3) is 0 Å². The van der Waals surface area contributed by atoms with Crippen LogP contribution in [-0.2, 0) is 4.74 Å². The number of fused-ring (bicyclic) bond motifs is 5. The number of ether oxygens (including phenoxy) is 3. The zero-order valence-corrected chi connectivity index (χ0v) is 12.6. The molecule has 0 N–H and O–H groups in total. The van der Waals surface area contributed by atoms with Crippen molar-refractivity contribution in [2.24, 2.45) is 0 Å². The molecule has 0 unspecified atom stereocenters. The third-order valence-corrected chi connectivity index (χ3v) is 4.28. The van der Waals surface area contributed by atoms with Gasteiger partial charge in [0.1, 0.15) is 37.5 Å². The zero-order valence-electron chi connectivity index (χ0n) is 12.6. The average molecular weight is 297 g/mol. The second kappa shape index (κ2) is 5.63. The molecule has 2 aliphatic heterocycles. The fraction of sp³-hybridized carbons (Fsp3) is 0.333. The SMILES string of the molecule is CN1CO[C@@H]2c3ccccc3OCCOc3ccccc3[C@@H]21. The number of para-hydroxylation sites is 2. The van der Waals surface area contributed by atoms with Gasteiger partial charge < -0.3 is 14.2 Å². The summed E-state index contributed by atoms with van der Waals surface area (Å²) in [6, 6.07) is 16.5. The summed E-state index contributed by atoms with van der Waals surface area (Å²) in [4.78, 5) is 2.21. The number of nitrogens with zero attached hydrogens (tertiary/aromatic N) is 1. The van der Waals surface area contributed by atoms with Crippen molar-refractivity contribution >= 4 is 0 Å². The van der Waals surface area contributed by atoms with Crippen molar-refractivity contribution in [3.63, 3.8) is 0 Å². The lowest BCUT2D eigenvalue weighted by Crippen LogP contribution is -2.23. The minimum absolute atomic E-state index is 0.0518. The first-order valence-corrected chi connectivity index (χ1v) is 7.60. The van der Waals surface area contributed by atoms with E-state index in [1.54, 1.807) is 0 Å². The maximum Gasteiger partial charge on any atom is 0.125 e. The van der Waals surface area contributed by atoms with E-state index in [4.69, 9.17) is 14.2 Å². The maximum absolute atomic E-state index is 6.07. The molecule has 0 spiro atoms. The lowest BCUT2D eigenvalue weighted by Gasteiger charge is -2.27. The molecule has 2 aromatic rings. The first-order valence-electron chi connectivity index (χ1n) is 7.60. The lowest BCUT2D eigenvalue weighted by molar-refractivity contribution is 0.0887. The summed E-state index contributed by atoms with van der Waals surface area (Å²) in [6.45, 7) is 1.66. The van der Waals surface area contributed by atoms with Gasteiger partial charge in [0.2, 0.25) is 0 Å². The minimum Gasteiger partial charge on any atom is -0.490 e. The predicted octanol–water partition coefficient (Wildman–Crippen LogP) is 3.16. The van der Waals surface area contributed by atoms with Gasteiger partial charge in [-0.2, -0.15) is 0 Å².